The standard InChI is InChI=1S/C23H25N3O2/c1-16(27)20-15-25-21-7-10-23(22(24)28,14-19(20)21)26-11-8-18(9-12-26)13-17-5-3-2-4-6-17/h2-7,10,14-15,18H,8-9,11-13H2,1H3,(H2,24,28). The molecule has 1 aromatic carbocycles. The summed E-state index contributed by atoms with van der Waals surface area (Å²) in [5.74, 6) is 0.131. The molecule has 5 nitrogen and oxygen atoms in total. The summed E-state index contributed by atoms with van der Waals surface area (Å²) in [5, 5.41) is 0. The Labute approximate surface area is 165 Å². The number of hydrogen-bond acceptors (Lipinski definition) is 4. The van der Waals surface area contributed by atoms with E-state index in [1.54, 1.807) is 6.20 Å². The summed E-state index contributed by atoms with van der Waals surface area (Å²) in [6, 6.07) is 10.5. The van der Waals surface area contributed by atoms with Crippen molar-refractivity contribution in [2.24, 2.45) is 16.6 Å². The number of aliphatic imine (C=N–C) groups is 1. The Kier molecular flexibility index (Phi) is 4.85. The maximum Gasteiger partial charge on any atom is 0.246 e. The van der Waals surface area contributed by atoms with Gasteiger partial charge in [-0.1, -0.05) is 30.3 Å². The van der Waals surface area contributed by atoms with Gasteiger partial charge in [-0.3, -0.25) is 19.5 Å². The van der Waals surface area contributed by atoms with E-state index in [4.69, 9.17) is 5.73 Å². The molecule has 1 saturated heterocycles. The first-order valence-electron chi connectivity index (χ1n) is 9.80. The van der Waals surface area contributed by atoms with Crippen LogP contribution in [0.15, 0.2) is 70.9 Å². The van der Waals surface area contributed by atoms with E-state index in [2.05, 4.69) is 34.2 Å². The fraction of sp³-hybridized carbons (Fsp3) is 0.348. The SMILES string of the molecule is CC(=O)C1=CN=C2C=CC(C(N)=O)(N3CCC(Cc4ccccc4)CC3)C=C12. The van der Waals surface area contributed by atoms with Crippen LogP contribution in [0.5, 0.6) is 0 Å². The Balaban J connectivity index is 1.53. The molecule has 1 unspecified atom stereocenters. The Bertz CT molecular complexity index is 918. The Morgan fingerprint density at radius 2 is 1.93 bits per heavy atom. The fourth-order valence-corrected chi connectivity index (χ4v) is 4.41. The van der Waals surface area contributed by atoms with Gasteiger partial charge in [0, 0.05) is 30.4 Å². The van der Waals surface area contributed by atoms with Crippen molar-refractivity contribution < 1.29 is 9.59 Å². The minimum absolute atomic E-state index is 0.0553. The quantitative estimate of drug-likeness (QED) is 0.859. The van der Waals surface area contributed by atoms with E-state index in [1.807, 2.05) is 24.3 Å². The van der Waals surface area contributed by atoms with E-state index in [9.17, 15) is 9.59 Å². The predicted molar refractivity (Wildman–Crippen MR) is 110 cm³/mol. The summed E-state index contributed by atoms with van der Waals surface area (Å²) in [4.78, 5) is 30.9. The highest BCUT2D eigenvalue weighted by molar-refractivity contribution is 6.22. The molecule has 2 N–H and O–H groups in total. The highest BCUT2D eigenvalue weighted by Crippen LogP contribution is 2.35. The average molecular weight is 375 g/mol. The molecule has 2 heterocycles. The van der Waals surface area contributed by atoms with Gasteiger partial charge in [0.25, 0.3) is 0 Å². The van der Waals surface area contributed by atoms with Gasteiger partial charge in [-0.15, -0.1) is 0 Å². The van der Waals surface area contributed by atoms with Crippen LogP contribution in [0, 0.1) is 5.92 Å². The van der Waals surface area contributed by atoms with Crippen molar-refractivity contribution in [3.63, 3.8) is 0 Å². The van der Waals surface area contributed by atoms with Gasteiger partial charge in [0.15, 0.2) is 5.78 Å². The number of benzene rings is 1. The van der Waals surface area contributed by atoms with Crippen molar-refractivity contribution in [1.29, 1.82) is 0 Å². The lowest BCUT2D eigenvalue weighted by molar-refractivity contribution is -0.125. The number of allylic oxidation sites excluding steroid dienone is 3. The zero-order valence-electron chi connectivity index (χ0n) is 16.1. The Morgan fingerprint density at radius 3 is 2.57 bits per heavy atom. The van der Waals surface area contributed by atoms with E-state index < -0.39 is 11.4 Å². The zero-order valence-corrected chi connectivity index (χ0v) is 16.1. The molecule has 1 aliphatic carbocycles. The van der Waals surface area contributed by atoms with Crippen LogP contribution in [0.3, 0.4) is 0 Å². The van der Waals surface area contributed by atoms with Gasteiger partial charge in [-0.05, 0) is 55.9 Å². The van der Waals surface area contributed by atoms with E-state index >= 15 is 0 Å². The third kappa shape index (κ3) is 3.27. The number of Topliss-reactive ketones (excluding diaryl/α,β-unsaturated/α-hetero) is 1. The van der Waals surface area contributed by atoms with Crippen molar-refractivity contribution >= 4 is 17.4 Å². The molecule has 0 saturated carbocycles. The maximum atomic E-state index is 12.6. The molecule has 5 heteroatoms. The van der Waals surface area contributed by atoms with Crippen LogP contribution in [0.4, 0.5) is 0 Å². The number of piperidine rings is 1. The molecule has 1 atom stereocenters. The van der Waals surface area contributed by atoms with Crippen LogP contribution in [-0.2, 0) is 16.0 Å². The predicted octanol–water partition coefficient (Wildman–Crippen LogP) is 2.59. The van der Waals surface area contributed by atoms with Gasteiger partial charge in [0.1, 0.15) is 5.54 Å². The highest BCUT2D eigenvalue weighted by atomic mass is 16.1. The number of nitrogens with two attached hydrogens (primary N) is 1. The second-order valence-electron chi connectivity index (χ2n) is 7.81. The number of carbonyl (C=O) groups excluding carboxylic acids is 2. The maximum absolute atomic E-state index is 12.6. The third-order valence-corrected chi connectivity index (χ3v) is 6.04. The van der Waals surface area contributed by atoms with Crippen molar-refractivity contribution in [3.05, 3.63) is 71.5 Å². The smallest absolute Gasteiger partial charge is 0.246 e. The molecular weight excluding hydrogens is 350 g/mol. The van der Waals surface area contributed by atoms with Crippen molar-refractivity contribution in [2.45, 2.75) is 31.7 Å². The lowest BCUT2D eigenvalue weighted by atomic mass is 9.81. The molecule has 2 aliphatic heterocycles. The number of hydrogen-bond donors (Lipinski definition) is 1. The Hall–Kier alpha value is -2.79. The fourth-order valence-electron chi connectivity index (χ4n) is 4.41. The van der Waals surface area contributed by atoms with Gasteiger partial charge in [-0.2, -0.15) is 0 Å². The molecule has 3 aliphatic rings. The van der Waals surface area contributed by atoms with Crippen LogP contribution < -0.4 is 5.73 Å². The molecule has 1 fully saturated rings. The number of rotatable bonds is 5. The monoisotopic (exact) mass is 375 g/mol. The molecule has 0 radical (unpaired) electrons. The lowest BCUT2D eigenvalue weighted by Gasteiger charge is -2.43. The summed E-state index contributed by atoms with van der Waals surface area (Å²) in [5.41, 5.74) is 8.23. The second kappa shape index (κ2) is 7.32. The first-order valence-corrected chi connectivity index (χ1v) is 9.80. The van der Waals surface area contributed by atoms with Gasteiger partial charge >= 0.3 is 0 Å². The van der Waals surface area contributed by atoms with Gasteiger partial charge in [-0.25, -0.2) is 0 Å². The molecule has 1 amide bonds. The summed E-state index contributed by atoms with van der Waals surface area (Å²) in [7, 11) is 0. The number of carbonyl (C=O) groups is 2. The normalized spacial score (nSPS) is 25.0. The first-order chi connectivity index (χ1) is 13.5. The number of likely N-dealkylation sites (tertiary alicyclic amines) is 1. The van der Waals surface area contributed by atoms with E-state index in [0.717, 1.165) is 43.6 Å². The van der Waals surface area contributed by atoms with Gasteiger partial charge in [0.2, 0.25) is 5.91 Å². The van der Waals surface area contributed by atoms with Crippen LogP contribution >= 0.6 is 0 Å². The van der Waals surface area contributed by atoms with Gasteiger partial charge in [0.05, 0.1) is 5.71 Å². The summed E-state index contributed by atoms with van der Waals surface area (Å²) >= 11 is 0. The van der Waals surface area contributed by atoms with Crippen LogP contribution in [0.2, 0.25) is 0 Å². The molecular formula is C23H25N3O2. The molecule has 4 rings (SSSR count). The lowest BCUT2D eigenvalue weighted by Crippen LogP contribution is -2.58. The molecule has 0 spiro atoms. The molecule has 0 bridgehead atoms. The van der Waals surface area contributed by atoms with E-state index in [0.29, 0.717) is 11.5 Å². The number of primary amides is 1. The topological polar surface area (TPSA) is 75.8 Å². The molecule has 28 heavy (non-hydrogen) atoms. The minimum Gasteiger partial charge on any atom is -0.367 e. The summed E-state index contributed by atoms with van der Waals surface area (Å²) in [6.07, 6.45) is 10.2. The van der Waals surface area contributed by atoms with E-state index in [-0.39, 0.29) is 5.78 Å². The van der Waals surface area contributed by atoms with Crippen LogP contribution in [-0.4, -0.2) is 40.9 Å². The zero-order chi connectivity index (χ0) is 19.7. The molecule has 0 aromatic heterocycles. The number of amides is 1. The van der Waals surface area contributed by atoms with Crippen LogP contribution in [0.1, 0.15) is 25.3 Å². The summed E-state index contributed by atoms with van der Waals surface area (Å²) < 4.78 is 0. The average Bonchev–Trinajstić information content (AvgIpc) is 3.12. The number of fused-ring (bicyclic) bond motifs is 1. The van der Waals surface area contributed by atoms with Crippen molar-refractivity contribution in [1.82, 2.24) is 4.90 Å². The number of nitrogens with zero attached hydrogens (tertiary/aromatic N) is 2. The molecule has 144 valence electrons. The largest absolute Gasteiger partial charge is 0.367 e. The second-order valence-corrected chi connectivity index (χ2v) is 7.81. The third-order valence-electron chi connectivity index (χ3n) is 6.04. The summed E-state index contributed by atoms with van der Waals surface area (Å²) in [6.45, 7) is 3.10. The Morgan fingerprint density at radius 1 is 1.21 bits per heavy atom. The minimum atomic E-state index is -0.995. The van der Waals surface area contributed by atoms with Gasteiger partial charge < -0.3 is 5.73 Å². The molecule has 1 aromatic rings. The van der Waals surface area contributed by atoms with Crippen molar-refractivity contribution in [3.8, 4) is 0 Å². The van der Waals surface area contributed by atoms with Crippen LogP contribution in [0.25, 0.3) is 0 Å². The van der Waals surface area contributed by atoms with E-state index in [1.165, 1.54) is 12.5 Å². The number of ketones is 1. The first kappa shape index (κ1) is 18.6. The van der Waals surface area contributed by atoms with Crippen molar-refractivity contribution in [2.75, 3.05) is 13.1 Å². The highest BCUT2D eigenvalue weighted by Gasteiger charge is 2.43.